The minimum Gasteiger partial charge on any atom is -0.341 e. The molecule has 0 aliphatic rings. The third-order valence-electron chi connectivity index (χ3n) is 2.04. The molecule has 16 heavy (non-hydrogen) atoms. The first-order valence-electron chi connectivity index (χ1n) is 5.28. The van der Waals surface area contributed by atoms with Crippen LogP contribution in [0.2, 0.25) is 0 Å². The minimum absolute atomic E-state index is 0.214. The highest BCUT2D eigenvalue weighted by Crippen LogP contribution is 2.01. The van der Waals surface area contributed by atoms with Gasteiger partial charge in [0.2, 0.25) is 5.96 Å². The summed E-state index contributed by atoms with van der Waals surface area (Å²) < 4.78 is 0. The van der Waals surface area contributed by atoms with Crippen molar-refractivity contribution >= 4 is 5.96 Å². The Bertz CT molecular complexity index is 333. The average molecular weight is 221 g/mol. The van der Waals surface area contributed by atoms with Crippen molar-refractivity contribution in [2.75, 3.05) is 7.05 Å². The van der Waals surface area contributed by atoms with Crippen molar-refractivity contribution < 1.29 is 0 Å². The van der Waals surface area contributed by atoms with E-state index in [0.717, 1.165) is 6.54 Å². The monoisotopic (exact) mass is 221 g/mol. The predicted molar refractivity (Wildman–Crippen MR) is 65.6 cm³/mol. The number of nitrogens with zero attached hydrogens (tertiary/aromatic N) is 3. The smallest absolute Gasteiger partial charge is 0.208 e. The normalized spacial score (nSPS) is 11.7. The van der Waals surface area contributed by atoms with Crippen LogP contribution in [0.1, 0.15) is 19.4 Å². The van der Waals surface area contributed by atoms with E-state index in [2.05, 4.69) is 15.4 Å². The number of rotatable bonds is 3. The quantitative estimate of drug-likeness (QED) is 0.342. The second-order valence-corrected chi connectivity index (χ2v) is 3.90. The zero-order chi connectivity index (χ0) is 12.0. The number of guanidine groups is 1. The topological polar surface area (TPSA) is 66.5 Å². The first kappa shape index (κ1) is 12.4. The summed E-state index contributed by atoms with van der Waals surface area (Å²) in [4.78, 5) is 10.3. The zero-order valence-corrected chi connectivity index (χ0v) is 10.0. The summed E-state index contributed by atoms with van der Waals surface area (Å²) in [5, 5.41) is 0. The van der Waals surface area contributed by atoms with Crippen LogP contribution in [0.5, 0.6) is 0 Å². The first-order valence-corrected chi connectivity index (χ1v) is 5.28. The molecule has 0 spiro atoms. The Labute approximate surface area is 96.4 Å². The summed E-state index contributed by atoms with van der Waals surface area (Å²) in [5.41, 5.74) is 3.78. The van der Waals surface area contributed by atoms with Gasteiger partial charge < -0.3 is 4.90 Å². The maximum absolute atomic E-state index is 5.44. The van der Waals surface area contributed by atoms with Crippen molar-refractivity contribution in [1.29, 1.82) is 0 Å². The Balaban J connectivity index is 2.67. The van der Waals surface area contributed by atoms with Crippen LogP contribution in [-0.2, 0) is 6.54 Å². The van der Waals surface area contributed by atoms with Gasteiger partial charge in [0.05, 0.1) is 0 Å². The molecule has 0 unspecified atom stereocenters. The molecule has 88 valence electrons. The standard InChI is InChI=1S/C11H19N5/c1-9(2)14-11(15-12)16(3)8-10-4-6-13-7-5-10/h4-7,9H,8,12H2,1-3H3,(H,14,15). The molecule has 1 heterocycles. The molecule has 0 aliphatic heterocycles. The molecule has 0 saturated heterocycles. The Morgan fingerprint density at radius 2 is 2.12 bits per heavy atom. The van der Waals surface area contributed by atoms with E-state index in [4.69, 9.17) is 5.84 Å². The summed E-state index contributed by atoms with van der Waals surface area (Å²) in [5.74, 6) is 6.13. The van der Waals surface area contributed by atoms with Gasteiger partial charge >= 0.3 is 0 Å². The molecular weight excluding hydrogens is 202 g/mol. The van der Waals surface area contributed by atoms with Gasteiger partial charge in [-0.25, -0.2) is 10.8 Å². The molecule has 0 aromatic carbocycles. The number of hydrazine groups is 1. The fourth-order valence-electron chi connectivity index (χ4n) is 1.33. The van der Waals surface area contributed by atoms with Gasteiger partial charge in [-0.1, -0.05) is 0 Å². The highest BCUT2D eigenvalue weighted by Gasteiger charge is 2.06. The van der Waals surface area contributed by atoms with Crippen LogP contribution in [0.4, 0.5) is 0 Å². The Morgan fingerprint density at radius 1 is 1.50 bits per heavy atom. The second kappa shape index (κ2) is 6.07. The van der Waals surface area contributed by atoms with E-state index in [9.17, 15) is 0 Å². The maximum Gasteiger partial charge on any atom is 0.208 e. The molecule has 0 fully saturated rings. The molecule has 1 aromatic rings. The number of hydrogen-bond acceptors (Lipinski definition) is 3. The highest BCUT2D eigenvalue weighted by atomic mass is 15.4. The van der Waals surface area contributed by atoms with Crippen molar-refractivity contribution in [1.82, 2.24) is 15.3 Å². The molecule has 0 aliphatic carbocycles. The van der Waals surface area contributed by atoms with Gasteiger partial charge in [0.25, 0.3) is 0 Å². The van der Waals surface area contributed by atoms with E-state index < -0.39 is 0 Å². The lowest BCUT2D eigenvalue weighted by Crippen LogP contribution is -2.42. The zero-order valence-electron chi connectivity index (χ0n) is 10.0. The van der Waals surface area contributed by atoms with Gasteiger partial charge in [0.1, 0.15) is 0 Å². The average Bonchev–Trinajstić information content (AvgIpc) is 2.26. The number of pyridine rings is 1. The highest BCUT2D eigenvalue weighted by molar-refractivity contribution is 5.79. The number of nitrogens with one attached hydrogen (secondary N) is 1. The molecule has 0 radical (unpaired) electrons. The molecule has 1 aromatic heterocycles. The van der Waals surface area contributed by atoms with Crippen molar-refractivity contribution in [3.8, 4) is 0 Å². The van der Waals surface area contributed by atoms with Gasteiger partial charge in [-0.15, -0.1) is 0 Å². The van der Waals surface area contributed by atoms with Crippen LogP contribution in [0, 0.1) is 0 Å². The third kappa shape index (κ3) is 3.86. The van der Waals surface area contributed by atoms with E-state index >= 15 is 0 Å². The molecule has 3 N–H and O–H groups in total. The van der Waals surface area contributed by atoms with Gasteiger partial charge in [0.15, 0.2) is 0 Å². The van der Waals surface area contributed by atoms with Crippen LogP contribution in [-0.4, -0.2) is 28.9 Å². The summed E-state index contributed by atoms with van der Waals surface area (Å²) >= 11 is 0. The predicted octanol–water partition coefficient (Wildman–Crippen LogP) is 0.741. The maximum atomic E-state index is 5.44. The summed E-state index contributed by atoms with van der Waals surface area (Å²) in [6, 6.07) is 4.16. The lowest BCUT2D eigenvalue weighted by Gasteiger charge is -2.21. The number of aromatic nitrogens is 1. The number of nitrogens with two attached hydrogens (primary N) is 1. The molecule has 0 bridgehead atoms. The summed E-state index contributed by atoms with van der Waals surface area (Å²) in [7, 11) is 1.95. The fourth-order valence-corrected chi connectivity index (χ4v) is 1.33. The van der Waals surface area contributed by atoms with E-state index in [1.807, 2.05) is 37.9 Å². The molecule has 0 saturated carbocycles. The van der Waals surface area contributed by atoms with E-state index in [1.165, 1.54) is 5.56 Å². The van der Waals surface area contributed by atoms with E-state index in [1.54, 1.807) is 12.4 Å². The Morgan fingerprint density at radius 3 is 2.62 bits per heavy atom. The third-order valence-corrected chi connectivity index (χ3v) is 2.04. The fraction of sp³-hybridized carbons (Fsp3) is 0.455. The molecule has 0 amide bonds. The van der Waals surface area contributed by atoms with Gasteiger partial charge in [-0.05, 0) is 31.5 Å². The van der Waals surface area contributed by atoms with E-state index in [0.29, 0.717) is 5.96 Å². The second-order valence-electron chi connectivity index (χ2n) is 3.90. The van der Waals surface area contributed by atoms with Crippen molar-refractivity contribution in [3.63, 3.8) is 0 Å². The lowest BCUT2D eigenvalue weighted by atomic mass is 10.2. The summed E-state index contributed by atoms with van der Waals surface area (Å²) in [6.45, 7) is 4.77. The molecule has 1 rings (SSSR count). The lowest BCUT2D eigenvalue weighted by molar-refractivity contribution is 0.474. The number of hydrogen-bond donors (Lipinski definition) is 2. The van der Waals surface area contributed by atoms with Crippen molar-refractivity contribution in [2.45, 2.75) is 26.4 Å². The van der Waals surface area contributed by atoms with Crippen LogP contribution in [0.25, 0.3) is 0 Å². The van der Waals surface area contributed by atoms with Gasteiger partial charge in [-0.2, -0.15) is 0 Å². The first-order chi connectivity index (χ1) is 7.63. The van der Waals surface area contributed by atoms with Crippen LogP contribution in [0.15, 0.2) is 29.5 Å². The number of aliphatic imine (C=N–C) groups is 1. The van der Waals surface area contributed by atoms with Gasteiger partial charge in [0, 0.05) is 32.0 Å². The molecule has 5 heteroatoms. The SMILES string of the molecule is CC(C)N=C(NN)N(C)Cc1ccncc1. The molecular formula is C11H19N5. The largest absolute Gasteiger partial charge is 0.341 e. The Kier molecular flexibility index (Phi) is 4.72. The van der Waals surface area contributed by atoms with E-state index in [-0.39, 0.29) is 6.04 Å². The van der Waals surface area contributed by atoms with Crippen molar-refractivity contribution in [2.24, 2.45) is 10.8 Å². The van der Waals surface area contributed by atoms with Crippen LogP contribution >= 0.6 is 0 Å². The van der Waals surface area contributed by atoms with Gasteiger partial charge in [-0.3, -0.25) is 10.4 Å². The molecule has 5 nitrogen and oxygen atoms in total. The van der Waals surface area contributed by atoms with Crippen LogP contribution < -0.4 is 11.3 Å². The minimum atomic E-state index is 0.214. The van der Waals surface area contributed by atoms with Crippen molar-refractivity contribution in [3.05, 3.63) is 30.1 Å². The van der Waals surface area contributed by atoms with Crippen LogP contribution in [0.3, 0.4) is 0 Å². The summed E-state index contributed by atoms with van der Waals surface area (Å²) in [6.07, 6.45) is 3.55. The Hall–Kier alpha value is -1.62. The molecule has 0 atom stereocenters.